The van der Waals surface area contributed by atoms with Crippen LogP contribution in [0.4, 0.5) is 0 Å². The Balaban J connectivity index is 1.81. The maximum Gasteiger partial charge on any atom is 0.254 e. The standard InChI is InChI=1S/C19H28N4O4S/c1-14-13-15(7-8-20-14)19(25)22-10-4-11-23(28(2,26)27)17-6-3-5-16(17)18(24)21-9-12-22/h7-8,13,16-17H,3-6,9-12H2,1-2H3,(H,21,24)/t16-,17+/m1/s1. The summed E-state index contributed by atoms with van der Waals surface area (Å²) in [5.41, 5.74) is 1.30. The van der Waals surface area contributed by atoms with Crippen molar-refractivity contribution in [1.29, 1.82) is 0 Å². The molecule has 0 radical (unpaired) electrons. The van der Waals surface area contributed by atoms with Crippen LogP contribution in [0.1, 0.15) is 41.7 Å². The van der Waals surface area contributed by atoms with E-state index >= 15 is 0 Å². The number of hydrogen-bond acceptors (Lipinski definition) is 5. The molecule has 154 valence electrons. The van der Waals surface area contributed by atoms with E-state index in [2.05, 4.69) is 10.3 Å². The highest BCUT2D eigenvalue weighted by Gasteiger charge is 2.40. The molecule has 1 saturated carbocycles. The van der Waals surface area contributed by atoms with Crippen LogP contribution in [0.15, 0.2) is 18.3 Å². The first-order valence-corrected chi connectivity index (χ1v) is 11.6. The van der Waals surface area contributed by atoms with Crippen LogP contribution in [0, 0.1) is 12.8 Å². The quantitative estimate of drug-likeness (QED) is 0.780. The van der Waals surface area contributed by atoms with E-state index in [4.69, 9.17) is 0 Å². The van der Waals surface area contributed by atoms with Gasteiger partial charge in [-0.3, -0.25) is 14.6 Å². The maximum atomic E-state index is 12.9. The molecule has 1 aliphatic carbocycles. The maximum absolute atomic E-state index is 12.9. The van der Waals surface area contributed by atoms with Crippen LogP contribution in [0.2, 0.25) is 0 Å². The van der Waals surface area contributed by atoms with E-state index in [1.54, 1.807) is 23.2 Å². The van der Waals surface area contributed by atoms with Gasteiger partial charge in [0.25, 0.3) is 5.91 Å². The lowest BCUT2D eigenvalue weighted by atomic mass is 10.0. The average molecular weight is 409 g/mol. The Bertz CT molecular complexity index is 842. The highest BCUT2D eigenvalue weighted by atomic mass is 32.2. The summed E-state index contributed by atoms with van der Waals surface area (Å²) >= 11 is 0. The third kappa shape index (κ3) is 4.70. The molecule has 1 N–H and O–H groups in total. The molecule has 0 unspecified atom stereocenters. The zero-order valence-corrected chi connectivity index (χ0v) is 17.2. The summed E-state index contributed by atoms with van der Waals surface area (Å²) in [6.45, 7) is 3.32. The molecule has 0 aromatic carbocycles. The predicted octanol–water partition coefficient (Wildman–Crippen LogP) is 0.782. The number of nitrogens with one attached hydrogen (secondary N) is 1. The number of carbonyl (C=O) groups is 2. The molecule has 2 fully saturated rings. The number of rotatable bonds is 2. The van der Waals surface area contributed by atoms with E-state index in [1.165, 1.54) is 10.6 Å². The molecule has 2 amide bonds. The minimum absolute atomic E-state index is 0.120. The number of pyridine rings is 1. The lowest BCUT2D eigenvalue weighted by Crippen LogP contribution is -2.47. The molecule has 9 heteroatoms. The second-order valence-electron chi connectivity index (χ2n) is 7.60. The monoisotopic (exact) mass is 408 g/mol. The van der Waals surface area contributed by atoms with Crippen LogP contribution in [-0.2, 0) is 14.8 Å². The molecular weight excluding hydrogens is 380 g/mol. The number of amides is 2. The van der Waals surface area contributed by atoms with Gasteiger partial charge in [-0.2, -0.15) is 4.31 Å². The lowest BCUT2D eigenvalue weighted by Gasteiger charge is -2.30. The fraction of sp³-hybridized carbons (Fsp3) is 0.632. The molecule has 1 aromatic rings. The van der Waals surface area contributed by atoms with Gasteiger partial charge in [0.15, 0.2) is 0 Å². The Morgan fingerprint density at radius 3 is 2.71 bits per heavy atom. The Hall–Kier alpha value is -2.00. The number of fused-ring (bicyclic) bond motifs is 1. The Labute approximate surface area is 166 Å². The molecule has 2 heterocycles. The van der Waals surface area contributed by atoms with Gasteiger partial charge in [-0.1, -0.05) is 6.42 Å². The van der Waals surface area contributed by atoms with Crippen molar-refractivity contribution in [2.75, 3.05) is 32.4 Å². The Morgan fingerprint density at radius 1 is 1.21 bits per heavy atom. The number of aromatic nitrogens is 1. The molecule has 1 saturated heterocycles. The van der Waals surface area contributed by atoms with Crippen LogP contribution in [0.25, 0.3) is 0 Å². The first-order chi connectivity index (χ1) is 13.3. The van der Waals surface area contributed by atoms with Gasteiger partial charge in [0.05, 0.1) is 12.2 Å². The largest absolute Gasteiger partial charge is 0.354 e. The summed E-state index contributed by atoms with van der Waals surface area (Å²) in [5.74, 6) is -0.574. The van der Waals surface area contributed by atoms with Crippen molar-refractivity contribution in [3.63, 3.8) is 0 Å². The smallest absolute Gasteiger partial charge is 0.254 e. The molecule has 0 bridgehead atoms. The normalized spacial score (nSPS) is 24.9. The van der Waals surface area contributed by atoms with Gasteiger partial charge in [0.2, 0.25) is 15.9 Å². The van der Waals surface area contributed by atoms with E-state index in [0.29, 0.717) is 51.0 Å². The first kappa shape index (κ1) is 20.7. The van der Waals surface area contributed by atoms with Crippen molar-refractivity contribution in [2.24, 2.45) is 5.92 Å². The van der Waals surface area contributed by atoms with Crippen molar-refractivity contribution in [3.8, 4) is 0 Å². The van der Waals surface area contributed by atoms with Crippen LogP contribution in [-0.4, -0.2) is 72.9 Å². The van der Waals surface area contributed by atoms with Crippen LogP contribution >= 0.6 is 0 Å². The third-order valence-corrected chi connectivity index (χ3v) is 6.84. The SMILES string of the molecule is Cc1cc(C(=O)N2CCCN(S(C)(=O)=O)[C@H]3CCC[C@H]3C(=O)NCC2)ccn1. The molecule has 0 spiro atoms. The summed E-state index contributed by atoms with van der Waals surface area (Å²) < 4.78 is 26.2. The molecule has 2 aliphatic rings. The minimum Gasteiger partial charge on any atom is -0.354 e. The third-order valence-electron chi connectivity index (χ3n) is 5.53. The van der Waals surface area contributed by atoms with Gasteiger partial charge in [0, 0.05) is 49.7 Å². The average Bonchev–Trinajstić information content (AvgIpc) is 3.10. The predicted molar refractivity (Wildman–Crippen MR) is 105 cm³/mol. The minimum atomic E-state index is -3.44. The molecule has 8 nitrogen and oxygen atoms in total. The van der Waals surface area contributed by atoms with E-state index in [1.807, 2.05) is 6.92 Å². The summed E-state index contributed by atoms with van der Waals surface area (Å²) in [7, 11) is -3.44. The van der Waals surface area contributed by atoms with E-state index in [9.17, 15) is 18.0 Å². The molecule has 28 heavy (non-hydrogen) atoms. The van der Waals surface area contributed by atoms with E-state index in [-0.39, 0.29) is 23.8 Å². The number of carbonyl (C=O) groups excluding carboxylic acids is 2. The van der Waals surface area contributed by atoms with Crippen molar-refractivity contribution in [2.45, 2.75) is 38.6 Å². The van der Waals surface area contributed by atoms with Crippen molar-refractivity contribution in [1.82, 2.24) is 19.5 Å². The van der Waals surface area contributed by atoms with Crippen LogP contribution in [0.3, 0.4) is 0 Å². The number of sulfonamides is 1. The lowest BCUT2D eigenvalue weighted by molar-refractivity contribution is -0.125. The van der Waals surface area contributed by atoms with Crippen molar-refractivity contribution < 1.29 is 18.0 Å². The molecular formula is C19H28N4O4S. The van der Waals surface area contributed by atoms with Gasteiger partial charge in [-0.15, -0.1) is 0 Å². The zero-order valence-electron chi connectivity index (χ0n) is 16.4. The highest BCUT2D eigenvalue weighted by Crippen LogP contribution is 2.32. The van der Waals surface area contributed by atoms with Crippen LogP contribution < -0.4 is 5.32 Å². The molecule has 3 rings (SSSR count). The van der Waals surface area contributed by atoms with E-state index < -0.39 is 10.0 Å². The summed E-state index contributed by atoms with van der Waals surface area (Å²) in [6.07, 6.45) is 5.57. The second kappa shape index (κ2) is 8.57. The fourth-order valence-corrected chi connectivity index (χ4v) is 5.41. The molecule has 1 aliphatic heterocycles. The van der Waals surface area contributed by atoms with Gasteiger partial charge >= 0.3 is 0 Å². The Kier molecular flexibility index (Phi) is 6.34. The van der Waals surface area contributed by atoms with Gasteiger partial charge in [0.1, 0.15) is 0 Å². The zero-order chi connectivity index (χ0) is 20.3. The molecule has 1 aromatic heterocycles. The fourth-order valence-electron chi connectivity index (χ4n) is 4.21. The summed E-state index contributed by atoms with van der Waals surface area (Å²) in [4.78, 5) is 31.4. The van der Waals surface area contributed by atoms with Crippen molar-refractivity contribution in [3.05, 3.63) is 29.6 Å². The summed E-state index contributed by atoms with van der Waals surface area (Å²) in [5, 5.41) is 2.90. The first-order valence-electron chi connectivity index (χ1n) is 9.74. The summed E-state index contributed by atoms with van der Waals surface area (Å²) in [6, 6.07) is 3.12. The number of nitrogens with zero attached hydrogens (tertiary/aromatic N) is 3. The highest BCUT2D eigenvalue weighted by molar-refractivity contribution is 7.88. The Morgan fingerprint density at radius 2 is 2.00 bits per heavy atom. The van der Waals surface area contributed by atoms with E-state index in [0.717, 1.165) is 12.1 Å². The number of aryl methyl sites for hydroxylation is 1. The van der Waals surface area contributed by atoms with Gasteiger partial charge in [-0.25, -0.2) is 8.42 Å². The second-order valence-corrected chi connectivity index (χ2v) is 9.54. The van der Waals surface area contributed by atoms with Crippen LogP contribution in [0.5, 0.6) is 0 Å². The van der Waals surface area contributed by atoms with Crippen molar-refractivity contribution >= 4 is 21.8 Å². The van der Waals surface area contributed by atoms with Gasteiger partial charge < -0.3 is 10.2 Å². The number of hydrogen-bond donors (Lipinski definition) is 1. The topological polar surface area (TPSA) is 99.7 Å². The molecule has 2 atom stereocenters. The van der Waals surface area contributed by atoms with Gasteiger partial charge in [-0.05, 0) is 38.3 Å².